The third kappa shape index (κ3) is 5.05. The van der Waals surface area contributed by atoms with Gasteiger partial charge in [-0.1, -0.05) is 13.8 Å². The molecule has 0 saturated carbocycles. The van der Waals surface area contributed by atoms with E-state index in [1.165, 1.54) is 6.33 Å². The molecule has 0 fully saturated rings. The van der Waals surface area contributed by atoms with Gasteiger partial charge < -0.3 is 10.6 Å². The molecule has 0 aliphatic carbocycles. The van der Waals surface area contributed by atoms with E-state index in [1.54, 1.807) is 4.68 Å². The van der Waals surface area contributed by atoms with E-state index >= 15 is 0 Å². The quantitative estimate of drug-likeness (QED) is 0.762. The number of hydrogen-bond acceptors (Lipinski definition) is 5. The van der Waals surface area contributed by atoms with Gasteiger partial charge in [-0.05, 0) is 25.8 Å². The van der Waals surface area contributed by atoms with Crippen LogP contribution in [0, 0.1) is 19.8 Å². The molecule has 0 bridgehead atoms. The van der Waals surface area contributed by atoms with E-state index in [0.29, 0.717) is 31.2 Å². The summed E-state index contributed by atoms with van der Waals surface area (Å²) in [7, 11) is 0. The second kappa shape index (κ2) is 7.71. The van der Waals surface area contributed by atoms with Crippen LogP contribution in [0.1, 0.15) is 31.7 Å². The average Bonchev–Trinajstić information content (AvgIpc) is 2.82. The lowest BCUT2D eigenvalue weighted by Crippen LogP contribution is -2.29. The Morgan fingerprint density at radius 3 is 2.65 bits per heavy atom. The molecule has 0 aromatic carbocycles. The maximum atomic E-state index is 11.6. The van der Waals surface area contributed by atoms with E-state index in [1.807, 2.05) is 39.8 Å². The number of carbonyl (C=O) groups is 1. The summed E-state index contributed by atoms with van der Waals surface area (Å²) in [6, 6.07) is 3.84. The predicted molar refractivity (Wildman–Crippen MR) is 89.6 cm³/mol. The van der Waals surface area contributed by atoms with Crippen molar-refractivity contribution in [3.8, 4) is 5.82 Å². The maximum absolute atomic E-state index is 11.6. The van der Waals surface area contributed by atoms with Crippen molar-refractivity contribution in [1.29, 1.82) is 0 Å². The fraction of sp³-hybridized carbons (Fsp3) is 0.500. The highest BCUT2D eigenvalue weighted by Gasteiger charge is 2.07. The first kappa shape index (κ1) is 16.9. The van der Waals surface area contributed by atoms with E-state index in [9.17, 15) is 4.79 Å². The fourth-order valence-corrected chi connectivity index (χ4v) is 2.26. The molecule has 0 unspecified atom stereocenters. The van der Waals surface area contributed by atoms with Gasteiger partial charge in [0.15, 0.2) is 5.82 Å². The average molecular weight is 316 g/mol. The van der Waals surface area contributed by atoms with Gasteiger partial charge in [0.1, 0.15) is 12.1 Å². The van der Waals surface area contributed by atoms with Gasteiger partial charge in [-0.3, -0.25) is 4.79 Å². The van der Waals surface area contributed by atoms with Gasteiger partial charge in [-0.15, -0.1) is 0 Å². The third-order valence-corrected chi connectivity index (χ3v) is 3.23. The lowest BCUT2D eigenvalue weighted by Gasteiger charge is -2.09. The standard InChI is InChI=1S/C16H24N6O/c1-11(2)7-16(23)18-6-5-17-14-9-15(20-10-19-14)22-13(4)8-12(3)21-22/h8-11H,5-7H2,1-4H3,(H,18,23)(H,17,19,20). The SMILES string of the molecule is Cc1cc(C)n(-c2cc(NCCNC(=O)CC(C)C)ncn2)n1. The minimum atomic E-state index is 0.0767. The van der Waals surface area contributed by atoms with Crippen molar-refractivity contribution < 1.29 is 4.79 Å². The first-order valence-corrected chi connectivity index (χ1v) is 7.82. The van der Waals surface area contributed by atoms with Gasteiger partial charge in [0, 0.05) is 31.3 Å². The molecule has 124 valence electrons. The van der Waals surface area contributed by atoms with E-state index in [-0.39, 0.29) is 5.91 Å². The van der Waals surface area contributed by atoms with Crippen LogP contribution >= 0.6 is 0 Å². The largest absolute Gasteiger partial charge is 0.368 e. The van der Waals surface area contributed by atoms with E-state index in [2.05, 4.69) is 25.7 Å². The normalized spacial score (nSPS) is 10.8. The molecule has 0 spiro atoms. The fourth-order valence-electron chi connectivity index (χ4n) is 2.26. The molecule has 0 radical (unpaired) electrons. The van der Waals surface area contributed by atoms with Crippen LogP contribution in [-0.2, 0) is 4.79 Å². The summed E-state index contributed by atoms with van der Waals surface area (Å²) < 4.78 is 1.78. The van der Waals surface area contributed by atoms with Gasteiger partial charge in [0.2, 0.25) is 5.91 Å². The van der Waals surface area contributed by atoms with Gasteiger partial charge in [0.05, 0.1) is 5.69 Å². The Morgan fingerprint density at radius 2 is 2.00 bits per heavy atom. The van der Waals surface area contributed by atoms with Crippen LogP contribution in [0.5, 0.6) is 0 Å². The molecule has 2 heterocycles. The van der Waals surface area contributed by atoms with Gasteiger partial charge in [-0.2, -0.15) is 5.10 Å². The number of amides is 1. The van der Waals surface area contributed by atoms with Crippen LogP contribution in [0.15, 0.2) is 18.5 Å². The lowest BCUT2D eigenvalue weighted by atomic mass is 10.1. The zero-order valence-corrected chi connectivity index (χ0v) is 14.1. The van der Waals surface area contributed by atoms with Crippen molar-refractivity contribution in [2.45, 2.75) is 34.1 Å². The molecule has 0 atom stereocenters. The predicted octanol–water partition coefficient (Wildman–Crippen LogP) is 1.85. The molecule has 23 heavy (non-hydrogen) atoms. The number of rotatable bonds is 7. The van der Waals surface area contributed by atoms with Gasteiger partial charge in [-0.25, -0.2) is 14.6 Å². The van der Waals surface area contributed by atoms with Crippen LogP contribution in [0.25, 0.3) is 5.82 Å². The molecule has 2 aromatic heterocycles. The van der Waals surface area contributed by atoms with Crippen LogP contribution < -0.4 is 10.6 Å². The third-order valence-electron chi connectivity index (χ3n) is 3.23. The highest BCUT2D eigenvalue weighted by molar-refractivity contribution is 5.76. The maximum Gasteiger partial charge on any atom is 0.220 e. The minimum Gasteiger partial charge on any atom is -0.368 e. The number of carbonyl (C=O) groups excluding carboxylic acids is 1. The Kier molecular flexibility index (Phi) is 5.67. The molecular formula is C16H24N6O. The van der Waals surface area contributed by atoms with Crippen LogP contribution in [0.2, 0.25) is 0 Å². The highest BCUT2D eigenvalue weighted by Crippen LogP contribution is 2.11. The molecule has 2 rings (SSSR count). The van der Waals surface area contributed by atoms with Crippen molar-refractivity contribution in [1.82, 2.24) is 25.1 Å². The highest BCUT2D eigenvalue weighted by atomic mass is 16.1. The molecule has 7 nitrogen and oxygen atoms in total. The van der Waals surface area contributed by atoms with Crippen molar-refractivity contribution >= 4 is 11.7 Å². The lowest BCUT2D eigenvalue weighted by molar-refractivity contribution is -0.121. The van der Waals surface area contributed by atoms with Crippen molar-refractivity contribution in [2.75, 3.05) is 18.4 Å². The van der Waals surface area contributed by atoms with Gasteiger partial charge in [0.25, 0.3) is 0 Å². The molecule has 0 aliphatic rings. The topological polar surface area (TPSA) is 84.7 Å². The molecular weight excluding hydrogens is 292 g/mol. The summed E-state index contributed by atoms with van der Waals surface area (Å²) in [5.74, 6) is 1.87. The molecule has 0 aliphatic heterocycles. The molecule has 2 N–H and O–H groups in total. The summed E-state index contributed by atoms with van der Waals surface area (Å²) in [5, 5.41) is 10.5. The molecule has 0 saturated heterocycles. The zero-order valence-electron chi connectivity index (χ0n) is 14.1. The van der Waals surface area contributed by atoms with Crippen molar-refractivity contribution in [3.05, 3.63) is 29.8 Å². The molecule has 2 aromatic rings. The summed E-state index contributed by atoms with van der Waals surface area (Å²) in [4.78, 5) is 20.0. The van der Waals surface area contributed by atoms with Crippen LogP contribution in [0.4, 0.5) is 5.82 Å². The van der Waals surface area contributed by atoms with Crippen LogP contribution in [0.3, 0.4) is 0 Å². The zero-order chi connectivity index (χ0) is 16.8. The Labute approximate surface area is 136 Å². The molecule has 7 heteroatoms. The van der Waals surface area contributed by atoms with E-state index in [4.69, 9.17) is 0 Å². The van der Waals surface area contributed by atoms with Crippen molar-refractivity contribution in [3.63, 3.8) is 0 Å². The first-order valence-electron chi connectivity index (χ1n) is 7.82. The van der Waals surface area contributed by atoms with E-state index in [0.717, 1.165) is 17.2 Å². The number of nitrogens with one attached hydrogen (secondary N) is 2. The second-order valence-corrected chi connectivity index (χ2v) is 5.98. The Hall–Kier alpha value is -2.44. The summed E-state index contributed by atoms with van der Waals surface area (Å²) in [6.07, 6.45) is 2.06. The number of aryl methyl sites for hydroxylation is 2. The summed E-state index contributed by atoms with van der Waals surface area (Å²) in [6.45, 7) is 9.16. The Bertz CT molecular complexity index is 664. The Morgan fingerprint density at radius 1 is 1.22 bits per heavy atom. The van der Waals surface area contributed by atoms with Crippen LogP contribution in [-0.4, -0.2) is 38.7 Å². The number of hydrogen-bond donors (Lipinski definition) is 2. The first-order chi connectivity index (χ1) is 11.0. The minimum absolute atomic E-state index is 0.0767. The Balaban J connectivity index is 1.88. The monoisotopic (exact) mass is 316 g/mol. The molecule has 1 amide bonds. The van der Waals surface area contributed by atoms with E-state index < -0.39 is 0 Å². The van der Waals surface area contributed by atoms with Gasteiger partial charge >= 0.3 is 0 Å². The van der Waals surface area contributed by atoms with Crippen molar-refractivity contribution in [2.24, 2.45) is 5.92 Å². The summed E-state index contributed by atoms with van der Waals surface area (Å²) in [5.41, 5.74) is 1.97. The number of nitrogens with zero attached hydrogens (tertiary/aromatic N) is 4. The smallest absolute Gasteiger partial charge is 0.220 e. The second-order valence-electron chi connectivity index (χ2n) is 5.98. The number of aromatic nitrogens is 4. The summed E-state index contributed by atoms with van der Waals surface area (Å²) >= 11 is 0. The number of anilines is 1.